The molecule has 19 heavy (non-hydrogen) atoms. The Labute approximate surface area is 114 Å². The molecule has 0 bridgehead atoms. The quantitative estimate of drug-likeness (QED) is 0.820. The van der Waals surface area contributed by atoms with Gasteiger partial charge in [-0.05, 0) is 24.8 Å². The molecule has 1 aromatic rings. The van der Waals surface area contributed by atoms with E-state index in [-0.39, 0.29) is 0 Å². The van der Waals surface area contributed by atoms with Crippen LogP contribution in [0.15, 0.2) is 0 Å². The lowest BCUT2D eigenvalue weighted by Crippen LogP contribution is -2.25. The number of carbonyl (C=O) groups is 1. The number of aromatic nitrogens is 2. The van der Waals surface area contributed by atoms with Gasteiger partial charge in [-0.2, -0.15) is 5.10 Å². The van der Waals surface area contributed by atoms with Crippen molar-refractivity contribution in [1.82, 2.24) is 10.2 Å². The van der Waals surface area contributed by atoms with Crippen LogP contribution in [-0.2, 0) is 12.8 Å². The number of carboxylic acid groups (broad SMARTS) is 1. The van der Waals surface area contributed by atoms with Gasteiger partial charge in [0.25, 0.3) is 0 Å². The van der Waals surface area contributed by atoms with Crippen molar-refractivity contribution in [1.29, 1.82) is 0 Å². The first kappa shape index (κ1) is 15.4. The molecule has 0 atom stereocenters. The molecule has 1 rings (SSSR count). The molecule has 0 aliphatic heterocycles. The number of carboxylic acids is 1. The zero-order chi connectivity index (χ0) is 14.4. The van der Waals surface area contributed by atoms with Crippen LogP contribution in [0, 0.1) is 0 Å². The zero-order valence-corrected chi connectivity index (χ0v) is 12.2. The number of aryl methyl sites for hydroxylation is 1. The van der Waals surface area contributed by atoms with E-state index in [0.29, 0.717) is 24.2 Å². The van der Waals surface area contributed by atoms with Gasteiger partial charge in [0.2, 0.25) is 0 Å². The zero-order valence-electron chi connectivity index (χ0n) is 12.2. The molecule has 0 unspecified atom stereocenters. The van der Waals surface area contributed by atoms with Crippen molar-refractivity contribution in [2.75, 3.05) is 18.5 Å². The number of hydrogen-bond acceptors (Lipinski definition) is 4. The van der Waals surface area contributed by atoms with E-state index in [1.807, 2.05) is 25.8 Å². The van der Waals surface area contributed by atoms with Crippen LogP contribution in [0.2, 0.25) is 0 Å². The lowest BCUT2D eigenvalue weighted by molar-refractivity contribution is 0.0695. The van der Waals surface area contributed by atoms with Gasteiger partial charge in [-0.3, -0.25) is 0 Å². The molecule has 106 valence electrons. The Balaban J connectivity index is 3.27. The Bertz CT molecular complexity index is 447. The molecular weight excluding hydrogens is 242 g/mol. The number of nitrogens with zero attached hydrogens (tertiary/aromatic N) is 3. The Hall–Kier alpha value is -1.65. The second-order valence-corrected chi connectivity index (χ2v) is 4.61. The summed E-state index contributed by atoms with van der Waals surface area (Å²) < 4.78 is 0. The number of anilines is 1. The fraction of sp³-hybridized carbons (Fsp3) is 0.643. The van der Waals surface area contributed by atoms with Crippen LogP contribution in [0.1, 0.15) is 55.2 Å². The monoisotopic (exact) mass is 265 g/mol. The molecular formula is C14H23N3O2. The lowest BCUT2D eigenvalue weighted by Gasteiger charge is -2.21. The molecule has 0 aromatic carbocycles. The second-order valence-electron chi connectivity index (χ2n) is 4.61. The maximum atomic E-state index is 11.6. The smallest absolute Gasteiger partial charge is 0.339 e. The van der Waals surface area contributed by atoms with Crippen molar-refractivity contribution in [3.8, 4) is 0 Å². The Morgan fingerprint density at radius 2 is 1.89 bits per heavy atom. The highest BCUT2D eigenvalue weighted by atomic mass is 16.4. The van der Waals surface area contributed by atoms with E-state index < -0.39 is 5.97 Å². The first-order valence-electron chi connectivity index (χ1n) is 6.89. The van der Waals surface area contributed by atoms with Crippen molar-refractivity contribution in [3.05, 3.63) is 16.8 Å². The van der Waals surface area contributed by atoms with Gasteiger partial charge in [-0.15, -0.1) is 5.10 Å². The molecule has 0 amide bonds. The summed E-state index contributed by atoms with van der Waals surface area (Å²) in [6.45, 7) is 6.82. The Morgan fingerprint density at radius 1 is 1.21 bits per heavy atom. The highest BCUT2D eigenvalue weighted by Gasteiger charge is 2.22. The molecule has 0 saturated carbocycles. The van der Waals surface area contributed by atoms with Gasteiger partial charge >= 0.3 is 5.97 Å². The molecule has 0 fully saturated rings. The van der Waals surface area contributed by atoms with E-state index in [4.69, 9.17) is 0 Å². The molecule has 0 spiro atoms. The van der Waals surface area contributed by atoms with Crippen molar-refractivity contribution >= 4 is 11.8 Å². The largest absolute Gasteiger partial charge is 0.478 e. The number of unbranched alkanes of at least 4 members (excludes halogenated alkanes) is 1. The third kappa shape index (κ3) is 3.43. The van der Waals surface area contributed by atoms with Crippen LogP contribution in [0.3, 0.4) is 0 Å². The van der Waals surface area contributed by atoms with E-state index in [1.54, 1.807) is 0 Å². The molecule has 1 heterocycles. The summed E-state index contributed by atoms with van der Waals surface area (Å²) in [6, 6.07) is 0. The number of aromatic carboxylic acids is 1. The summed E-state index contributed by atoms with van der Waals surface area (Å²) in [6.07, 6.45) is 3.44. The van der Waals surface area contributed by atoms with E-state index in [9.17, 15) is 9.90 Å². The third-order valence-electron chi connectivity index (χ3n) is 3.25. The molecule has 0 aliphatic carbocycles. The van der Waals surface area contributed by atoms with Crippen LogP contribution >= 0.6 is 0 Å². The standard InChI is InChI=1S/C14H23N3O2/c1-5-8-9-17(4)13-12(14(18)19)10(6-2)11(7-3)15-16-13/h5-9H2,1-4H3,(H,18,19). The predicted molar refractivity (Wildman–Crippen MR) is 75.9 cm³/mol. The lowest BCUT2D eigenvalue weighted by atomic mass is 10.0. The fourth-order valence-electron chi connectivity index (χ4n) is 2.16. The highest BCUT2D eigenvalue weighted by molar-refractivity contribution is 5.95. The average Bonchev–Trinajstić information content (AvgIpc) is 2.42. The van der Waals surface area contributed by atoms with Gasteiger partial charge in [0.15, 0.2) is 5.82 Å². The normalized spacial score (nSPS) is 10.5. The van der Waals surface area contributed by atoms with Crippen molar-refractivity contribution in [3.63, 3.8) is 0 Å². The minimum atomic E-state index is -0.917. The molecule has 5 nitrogen and oxygen atoms in total. The summed E-state index contributed by atoms with van der Waals surface area (Å²) in [5.74, 6) is -0.435. The molecule has 5 heteroatoms. The predicted octanol–water partition coefficient (Wildman–Crippen LogP) is 2.54. The Morgan fingerprint density at radius 3 is 2.37 bits per heavy atom. The minimum absolute atomic E-state index is 0.313. The maximum Gasteiger partial charge on any atom is 0.339 e. The van der Waals surface area contributed by atoms with Crippen LogP contribution in [0.5, 0.6) is 0 Å². The molecule has 0 aliphatic rings. The minimum Gasteiger partial charge on any atom is -0.478 e. The average molecular weight is 265 g/mol. The third-order valence-corrected chi connectivity index (χ3v) is 3.25. The van der Waals surface area contributed by atoms with E-state index in [1.165, 1.54) is 0 Å². The van der Waals surface area contributed by atoms with Gasteiger partial charge in [0.05, 0.1) is 5.69 Å². The van der Waals surface area contributed by atoms with E-state index >= 15 is 0 Å². The van der Waals surface area contributed by atoms with Gasteiger partial charge in [0.1, 0.15) is 5.56 Å². The van der Waals surface area contributed by atoms with Gasteiger partial charge < -0.3 is 10.0 Å². The van der Waals surface area contributed by atoms with Gasteiger partial charge in [-0.25, -0.2) is 4.79 Å². The second kappa shape index (κ2) is 7.07. The van der Waals surface area contributed by atoms with Crippen LogP contribution in [-0.4, -0.2) is 34.9 Å². The van der Waals surface area contributed by atoms with Gasteiger partial charge in [0, 0.05) is 13.6 Å². The first-order chi connectivity index (χ1) is 9.06. The van der Waals surface area contributed by atoms with Crippen molar-refractivity contribution in [2.45, 2.75) is 46.5 Å². The van der Waals surface area contributed by atoms with Crippen molar-refractivity contribution in [2.24, 2.45) is 0 Å². The molecule has 0 saturated heterocycles. The van der Waals surface area contributed by atoms with Gasteiger partial charge in [-0.1, -0.05) is 27.2 Å². The summed E-state index contributed by atoms with van der Waals surface area (Å²) in [5, 5.41) is 17.8. The SMILES string of the molecule is CCCCN(C)c1nnc(CC)c(CC)c1C(=O)O. The van der Waals surface area contributed by atoms with Crippen molar-refractivity contribution < 1.29 is 9.90 Å². The summed E-state index contributed by atoms with van der Waals surface area (Å²) in [7, 11) is 1.87. The summed E-state index contributed by atoms with van der Waals surface area (Å²) in [5.41, 5.74) is 1.91. The molecule has 1 N–H and O–H groups in total. The summed E-state index contributed by atoms with van der Waals surface area (Å²) in [4.78, 5) is 13.4. The van der Waals surface area contributed by atoms with Crippen LogP contribution in [0.4, 0.5) is 5.82 Å². The maximum absolute atomic E-state index is 11.6. The highest BCUT2D eigenvalue weighted by Crippen LogP contribution is 2.23. The van der Waals surface area contributed by atoms with E-state index in [2.05, 4.69) is 17.1 Å². The molecule has 0 radical (unpaired) electrons. The first-order valence-corrected chi connectivity index (χ1v) is 6.89. The van der Waals surface area contributed by atoms with Crippen LogP contribution < -0.4 is 4.90 Å². The topological polar surface area (TPSA) is 66.3 Å². The molecule has 1 aromatic heterocycles. The number of hydrogen-bond donors (Lipinski definition) is 1. The Kier molecular flexibility index (Phi) is 5.73. The number of rotatable bonds is 7. The summed E-state index contributed by atoms with van der Waals surface area (Å²) >= 11 is 0. The van der Waals surface area contributed by atoms with E-state index in [0.717, 1.165) is 30.6 Å². The fourth-order valence-corrected chi connectivity index (χ4v) is 2.16. The van der Waals surface area contributed by atoms with Crippen LogP contribution in [0.25, 0.3) is 0 Å².